The molecule has 0 bridgehead atoms. The molecule has 0 fully saturated rings. The molecule has 0 aliphatic rings. The number of carbonyl (C=O) groups excluding carboxylic acids is 1. The van der Waals surface area contributed by atoms with Crippen molar-refractivity contribution in [2.45, 2.75) is 58.4 Å². The van der Waals surface area contributed by atoms with Crippen LogP contribution < -0.4 is 14.5 Å². The van der Waals surface area contributed by atoms with Crippen LogP contribution in [0, 0.1) is 11.3 Å². The third-order valence-corrected chi connectivity index (χ3v) is 6.50. The van der Waals surface area contributed by atoms with E-state index in [1.54, 1.807) is 11.9 Å². The molecule has 2 N–H and O–H groups in total. The number of carbonyl (C=O) groups is 1. The number of benzene rings is 1. The first-order valence-corrected chi connectivity index (χ1v) is 13.7. The van der Waals surface area contributed by atoms with Gasteiger partial charge >= 0.3 is 0 Å². The quantitative estimate of drug-likeness (QED) is 0.254. The largest absolute Gasteiger partial charge is 0.394 e. The Hall–Kier alpha value is -2.76. The van der Waals surface area contributed by atoms with Crippen molar-refractivity contribution in [2.24, 2.45) is 0 Å². The summed E-state index contributed by atoms with van der Waals surface area (Å²) >= 11 is 1.58. The van der Waals surface area contributed by atoms with Crippen LogP contribution in [0.3, 0.4) is 0 Å². The summed E-state index contributed by atoms with van der Waals surface area (Å²) in [6.07, 6.45) is 7.10. The molecule has 1 unspecified atom stereocenters. The monoisotopic (exact) mass is 497 g/mol. The van der Waals surface area contributed by atoms with Gasteiger partial charge in [0, 0.05) is 31.5 Å². The number of aromatic nitrogens is 1. The van der Waals surface area contributed by atoms with Crippen molar-refractivity contribution in [2.75, 3.05) is 41.7 Å². The van der Waals surface area contributed by atoms with Gasteiger partial charge < -0.3 is 19.6 Å². The third-order valence-electron chi connectivity index (χ3n) is 5.69. The number of rotatable bonds is 16. The molecular weight excluding hydrogens is 458 g/mol. The van der Waals surface area contributed by atoms with Crippen LogP contribution in [0.2, 0.25) is 0 Å². The van der Waals surface area contributed by atoms with Gasteiger partial charge in [0.15, 0.2) is 0 Å². The maximum absolute atomic E-state index is 13.3. The smallest absolute Gasteiger partial charge is 0.251 e. The van der Waals surface area contributed by atoms with Crippen molar-refractivity contribution in [1.29, 1.82) is 5.26 Å². The number of amides is 1. The number of pyridine rings is 1. The highest BCUT2D eigenvalue weighted by molar-refractivity contribution is 7.99. The number of unbranched alkanes of at least 4 members (excludes halogenated alkanes) is 2. The van der Waals surface area contributed by atoms with Gasteiger partial charge in [-0.05, 0) is 37.0 Å². The van der Waals surface area contributed by atoms with E-state index in [0.29, 0.717) is 30.8 Å². The van der Waals surface area contributed by atoms with Crippen LogP contribution in [-0.4, -0.2) is 54.5 Å². The van der Waals surface area contributed by atoms with E-state index in [9.17, 15) is 15.2 Å². The molecule has 1 aromatic carbocycles. The van der Waals surface area contributed by atoms with Crippen LogP contribution in [0.4, 0.5) is 11.6 Å². The minimum absolute atomic E-state index is 0.149. The summed E-state index contributed by atoms with van der Waals surface area (Å²) in [6, 6.07) is 15.3. The molecule has 0 radical (unpaired) electrons. The molecule has 0 saturated carbocycles. The van der Waals surface area contributed by atoms with E-state index in [1.807, 2.05) is 48.7 Å². The van der Waals surface area contributed by atoms with E-state index >= 15 is 0 Å². The van der Waals surface area contributed by atoms with Gasteiger partial charge in [0.25, 0.3) is 5.91 Å². The predicted molar refractivity (Wildman–Crippen MR) is 146 cm³/mol. The molecule has 0 aliphatic carbocycles. The number of nitrogens with one attached hydrogen (secondary N) is 1. The summed E-state index contributed by atoms with van der Waals surface area (Å²) in [7, 11) is 0. The number of anilines is 2. The van der Waals surface area contributed by atoms with Crippen molar-refractivity contribution in [3.8, 4) is 6.07 Å². The zero-order valence-corrected chi connectivity index (χ0v) is 22.1. The average Bonchev–Trinajstić information content (AvgIpc) is 2.89. The Labute approximate surface area is 214 Å². The Kier molecular flexibility index (Phi) is 13.0. The van der Waals surface area contributed by atoms with E-state index in [0.717, 1.165) is 50.2 Å². The zero-order chi connectivity index (χ0) is 25.5. The van der Waals surface area contributed by atoms with Gasteiger partial charge in [0.1, 0.15) is 11.6 Å². The van der Waals surface area contributed by atoms with Crippen molar-refractivity contribution in [3.05, 3.63) is 53.6 Å². The SMILES string of the molecule is CCCCCN(CCC#N)c1cc(C(=O)NC(CO)Cc2ccccc2)cc(N(CCC)SC)n1. The van der Waals surface area contributed by atoms with Crippen LogP contribution in [0.15, 0.2) is 42.5 Å². The summed E-state index contributed by atoms with van der Waals surface area (Å²) in [4.78, 5) is 20.3. The van der Waals surface area contributed by atoms with Crippen LogP contribution in [0.25, 0.3) is 0 Å². The first-order chi connectivity index (χ1) is 17.1. The van der Waals surface area contributed by atoms with Gasteiger partial charge in [-0.1, -0.05) is 69.0 Å². The Bertz CT molecular complexity index is 935. The van der Waals surface area contributed by atoms with Crippen molar-refractivity contribution >= 4 is 29.5 Å². The van der Waals surface area contributed by atoms with Gasteiger partial charge in [0.05, 0.1) is 25.1 Å². The Morgan fingerprint density at radius 1 is 1.11 bits per heavy atom. The lowest BCUT2D eigenvalue weighted by Crippen LogP contribution is -2.39. The molecule has 1 atom stereocenters. The van der Waals surface area contributed by atoms with Crippen LogP contribution >= 0.6 is 11.9 Å². The maximum Gasteiger partial charge on any atom is 0.251 e. The fourth-order valence-electron chi connectivity index (χ4n) is 3.83. The average molecular weight is 498 g/mol. The first-order valence-electron chi connectivity index (χ1n) is 12.5. The summed E-state index contributed by atoms with van der Waals surface area (Å²) in [6.45, 7) is 6.28. The number of nitriles is 1. The van der Waals surface area contributed by atoms with Gasteiger partial charge in [-0.3, -0.25) is 4.79 Å². The molecule has 1 aromatic heterocycles. The van der Waals surface area contributed by atoms with Crippen LogP contribution in [0.1, 0.15) is 61.9 Å². The van der Waals surface area contributed by atoms with E-state index in [-0.39, 0.29) is 12.5 Å². The van der Waals surface area contributed by atoms with Crippen molar-refractivity contribution in [1.82, 2.24) is 10.3 Å². The summed E-state index contributed by atoms with van der Waals surface area (Å²) in [5.41, 5.74) is 1.56. The molecular formula is C27H39N5O2S. The second kappa shape index (κ2) is 16.0. The minimum atomic E-state index is -0.392. The molecule has 1 amide bonds. The van der Waals surface area contributed by atoms with E-state index in [2.05, 4.69) is 34.4 Å². The fraction of sp³-hybridized carbons (Fsp3) is 0.519. The number of aliphatic hydroxyl groups excluding tert-OH is 1. The number of hydrogen-bond acceptors (Lipinski definition) is 7. The lowest BCUT2D eigenvalue weighted by atomic mass is 10.1. The lowest BCUT2D eigenvalue weighted by Gasteiger charge is -2.27. The maximum atomic E-state index is 13.3. The van der Waals surface area contributed by atoms with Gasteiger partial charge in [-0.2, -0.15) is 5.26 Å². The molecule has 190 valence electrons. The molecule has 0 spiro atoms. The molecule has 0 saturated heterocycles. The highest BCUT2D eigenvalue weighted by Gasteiger charge is 2.19. The molecule has 1 heterocycles. The Morgan fingerprint density at radius 2 is 1.86 bits per heavy atom. The van der Waals surface area contributed by atoms with Crippen LogP contribution in [0.5, 0.6) is 0 Å². The Morgan fingerprint density at radius 3 is 2.49 bits per heavy atom. The van der Waals surface area contributed by atoms with Gasteiger partial charge in [0.2, 0.25) is 0 Å². The molecule has 2 rings (SSSR count). The molecule has 7 nitrogen and oxygen atoms in total. The van der Waals surface area contributed by atoms with E-state index in [1.165, 1.54) is 0 Å². The molecule has 2 aromatic rings. The predicted octanol–water partition coefficient (Wildman–Crippen LogP) is 4.82. The number of nitrogens with zero attached hydrogens (tertiary/aromatic N) is 4. The van der Waals surface area contributed by atoms with E-state index < -0.39 is 6.04 Å². The summed E-state index contributed by atoms with van der Waals surface area (Å²) in [5.74, 6) is 1.19. The van der Waals surface area contributed by atoms with E-state index in [4.69, 9.17) is 4.98 Å². The van der Waals surface area contributed by atoms with Crippen molar-refractivity contribution < 1.29 is 9.90 Å². The third kappa shape index (κ3) is 9.42. The second-order valence-electron chi connectivity index (χ2n) is 8.50. The second-order valence-corrected chi connectivity index (χ2v) is 9.31. The van der Waals surface area contributed by atoms with Gasteiger partial charge in [-0.15, -0.1) is 0 Å². The standard InChI is InChI=1S/C27H39N5O2S/c1-4-6-10-16-31(17-11-14-28)25-19-23(20-26(30-25)32(35-3)15-5-2)27(34)29-24(21-33)18-22-12-8-7-9-13-22/h7-9,12-13,19-20,24,33H,4-6,10-11,15-18,21H2,1-3H3,(H,29,34). The summed E-state index contributed by atoms with van der Waals surface area (Å²) in [5, 5.41) is 22.1. The molecule has 0 aliphatic heterocycles. The van der Waals surface area contributed by atoms with Gasteiger partial charge in [-0.25, -0.2) is 4.98 Å². The first kappa shape index (κ1) is 28.5. The highest BCUT2D eigenvalue weighted by Crippen LogP contribution is 2.26. The lowest BCUT2D eigenvalue weighted by molar-refractivity contribution is 0.0916. The topological polar surface area (TPSA) is 92.5 Å². The zero-order valence-electron chi connectivity index (χ0n) is 21.2. The summed E-state index contributed by atoms with van der Waals surface area (Å²) < 4.78 is 2.09. The highest BCUT2D eigenvalue weighted by atomic mass is 32.2. The normalized spacial score (nSPS) is 11.5. The number of aliphatic hydroxyl groups is 1. The van der Waals surface area contributed by atoms with Crippen molar-refractivity contribution in [3.63, 3.8) is 0 Å². The van der Waals surface area contributed by atoms with Crippen LogP contribution in [-0.2, 0) is 6.42 Å². The minimum Gasteiger partial charge on any atom is -0.394 e. The molecule has 35 heavy (non-hydrogen) atoms. The Balaban J connectivity index is 2.36. The molecule has 8 heteroatoms. The fourth-order valence-corrected chi connectivity index (χ4v) is 4.48. The number of hydrogen-bond donors (Lipinski definition) is 2.